The number of hydrogen-bond donors (Lipinski definition) is 0. The third kappa shape index (κ3) is 3.41. The predicted molar refractivity (Wildman–Crippen MR) is 76.8 cm³/mol. The molecule has 2 aliphatic heterocycles. The van der Waals surface area contributed by atoms with Crippen LogP contribution in [0.15, 0.2) is 0 Å². The molecule has 1 aromatic heterocycles. The smallest absolute Gasteiger partial charge is 0.168 e. The van der Waals surface area contributed by atoms with E-state index in [1.165, 1.54) is 0 Å². The van der Waals surface area contributed by atoms with Gasteiger partial charge in [-0.1, -0.05) is 13.8 Å². The standard InChI is InChI=1S/C14H25N5O2/c1-11(2)13(18-5-8-20-9-6-18)14-15-16-17-19(14)10-12-4-3-7-21-12/h11-13H,3-10H2,1-2H3. The van der Waals surface area contributed by atoms with Crippen molar-refractivity contribution in [1.29, 1.82) is 0 Å². The fourth-order valence-corrected chi connectivity index (χ4v) is 3.27. The molecule has 7 nitrogen and oxygen atoms in total. The number of hydrogen-bond acceptors (Lipinski definition) is 6. The number of rotatable bonds is 5. The Labute approximate surface area is 125 Å². The summed E-state index contributed by atoms with van der Waals surface area (Å²) in [7, 11) is 0. The number of ether oxygens (including phenoxy) is 2. The van der Waals surface area contributed by atoms with Crippen LogP contribution in [0, 0.1) is 5.92 Å². The van der Waals surface area contributed by atoms with Crippen LogP contribution in [-0.2, 0) is 16.0 Å². The Morgan fingerprint density at radius 1 is 1.24 bits per heavy atom. The van der Waals surface area contributed by atoms with Crippen LogP contribution in [0.2, 0.25) is 0 Å². The highest BCUT2D eigenvalue weighted by Crippen LogP contribution is 2.28. The zero-order valence-electron chi connectivity index (χ0n) is 12.9. The maximum absolute atomic E-state index is 5.72. The van der Waals surface area contributed by atoms with Gasteiger partial charge in [-0.2, -0.15) is 0 Å². The lowest BCUT2D eigenvalue weighted by Gasteiger charge is -2.35. The number of tetrazole rings is 1. The van der Waals surface area contributed by atoms with E-state index >= 15 is 0 Å². The van der Waals surface area contributed by atoms with Crippen molar-refractivity contribution in [3.63, 3.8) is 0 Å². The van der Waals surface area contributed by atoms with Crippen LogP contribution in [0.1, 0.15) is 38.6 Å². The summed E-state index contributed by atoms with van der Waals surface area (Å²) in [6, 6.07) is 0.241. The van der Waals surface area contributed by atoms with Crippen LogP contribution in [0.3, 0.4) is 0 Å². The highest BCUT2D eigenvalue weighted by atomic mass is 16.5. The van der Waals surface area contributed by atoms with E-state index in [0.717, 1.165) is 58.1 Å². The molecule has 2 atom stereocenters. The molecule has 3 rings (SSSR count). The Balaban J connectivity index is 1.77. The van der Waals surface area contributed by atoms with Gasteiger partial charge in [-0.3, -0.25) is 4.90 Å². The summed E-state index contributed by atoms with van der Waals surface area (Å²) in [4.78, 5) is 2.44. The molecule has 7 heteroatoms. The third-order valence-corrected chi connectivity index (χ3v) is 4.30. The molecule has 0 spiro atoms. The number of aromatic nitrogens is 4. The molecule has 0 aliphatic carbocycles. The maximum atomic E-state index is 5.72. The average Bonchev–Trinajstić information content (AvgIpc) is 3.13. The van der Waals surface area contributed by atoms with Crippen molar-refractivity contribution < 1.29 is 9.47 Å². The molecule has 2 saturated heterocycles. The molecular formula is C14H25N5O2. The van der Waals surface area contributed by atoms with Gasteiger partial charge in [0.1, 0.15) is 0 Å². The Hall–Kier alpha value is -1.05. The number of nitrogens with zero attached hydrogens (tertiary/aromatic N) is 5. The zero-order chi connectivity index (χ0) is 14.7. The third-order valence-electron chi connectivity index (χ3n) is 4.30. The van der Waals surface area contributed by atoms with Crippen LogP contribution in [0.25, 0.3) is 0 Å². The van der Waals surface area contributed by atoms with Gasteiger partial charge in [-0.25, -0.2) is 4.68 Å². The Bertz CT molecular complexity index is 438. The second-order valence-corrected chi connectivity index (χ2v) is 6.19. The monoisotopic (exact) mass is 295 g/mol. The Morgan fingerprint density at radius 3 is 2.71 bits per heavy atom. The summed E-state index contributed by atoms with van der Waals surface area (Å²) < 4.78 is 13.1. The Morgan fingerprint density at radius 2 is 2.05 bits per heavy atom. The lowest BCUT2D eigenvalue weighted by Crippen LogP contribution is -2.42. The van der Waals surface area contributed by atoms with E-state index in [-0.39, 0.29) is 12.1 Å². The molecule has 1 aromatic rings. The van der Waals surface area contributed by atoms with Gasteiger partial charge in [0.15, 0.2) is 5.82 Å². The second kappa shape index (κ2) is 6.81. The lowest BCUT2D eigenvalue weighted by molar-refractivity contribution is 0.00133. The van der Waals surface area contributed by atoms with Gasteiger partial charge >= 0.3 is 0 Å². The predicted octanol–water partition coefficient (Wildman–Crippen LogP) is 0.881. The maximum Gasteiger partial charge on any atom is 0.168 e. The van der Waals surface area contributed by atoms with Crippen LogP contribution in [0.5, 0.6) is 0 Å². The summed E-state index contributed by atoms with van der Waals surface area (Å²) in [5.41, 5.74) is 0. The van der Waals surface area contributed by atoms with Gasteiger partial charge in [-0.15, -0.1) is 5.10 Å². The minimum absolute atomic E-state index is 0.241. The minimum Gasteiger partial charge on any atom is -0.379 e. The van der Waals surface area contributed by atoms with Gasteiger partial charge in [0.25, 0.3) is 0 Å². The van der Waals surface area contributed by atoms with E-state index in [0.29, 0.717) is 5.92 Å². The Kier molecular flexibility index (Phi) is 4.82. The largest absolute Gasteiger partial charge is 0.379 e. The first kappa shape index (κ1) is 14.9. The zero-order valence-corrected chi connectivity index (χ0v) is 12.9. The first-order valence-electron chi connectivity index (χ1n) is 7.95. The molecule has 118 valence electrons. The summed E-state index contributed by atoms with van der Waals surface area (Å²) in [5.74, 6) is 1.42. The van der Waals surface area contributed by atoms with Gasteiger partial charge in [0.05, 0.1) is 31.9 Å². The number of morpholine rings is 1. The highest BCUT2D eigenvalue weighted by molar-refractivity contribution is 4.96. The minimum atomic E-state index is 0.241. The van der Waals surface area contributed by atoms with Crippen molar-refractivity contribution in [3.05, 3.63) is 5.82 Å². The van der Waals surface area contributed by atoms with Crippen molar-refractivity contribution in [2.45, 2.75) is 45.4 Å². The topological polar surface area (TPSA) is 65.3 Å². The van der Waals surface area contributed by atoms with Crippen LogP contribution >= 0.6 is 0 Å². The van der Waals surface area contributed by atoms with Crippen LogP contribution in [-0.4, -0.2) is 64.1 Å². The molecule has 0 saturated carbocycles. The first-order chi connectivity index (χ1) is 10.3. The highest BCUT2D eigenvalue weighted by Gasteiger charge is 2.31. The molecular weight excluding hydrogens is 270 g/mol. The van der Waals surface area contributed by atoms with E-state index in [1.807, 2.05) is 4.68 Å². The van der Waals surface area contributed by atoms with E-state index < -0.39 is 0 Å². The average molecular weight is 295 g/mol. The van der Waals surface area contributed by atoms with Gasteiger partial charge in [0.2, 0.25) is 0 Å². The summed E-state index contributed by atoms with van der Waals surface area (Å²) in [6.45, 7) is 9.53. The molecule has 2 fully saturated rings. The molecule has 0 radical (unpaired) electrons. The van der Waals surface area contributed by atoms with E-state index in [9.17, 15) is 0 Å². The molecule has 0 N–H and O–H groups in total. The van der Waals surface area contributed by atoms with Gasteiger partial charge < -0.3 is 9.47 Å². The molecule has 0 aromatic carbocycles. The fourth-order valence-electron chi connectivity index (χ4n) is 3.27. The molecule has 21 heavy (non-hydrogen) atoms. The molecule has 0 amide bonds. The summed E-state index contributed by atoms with van der Waals surface area (Å²) in [6.07, 6.45) is 2.49. The van der Waals surface area contributed by atoms with Crippen LogP contribution < -0.4 is 0 Å². The van der Waals surface area contributed by atoms with Crippen molar-refractivity contribution in [2.24, 2.45) is 5.92 Å². The first-order valence-corrected chi connectivity index (χ1v) is 7.95. The summed E-state index contributed by atoms with van der Waals surface area (Å²) in [5, 5.41) is 12.4. The van der Waals surface area contributed by atoms with Gasteiger partial charge in [0, 0.05) is 19.7 Å². The van der Waals surface area contributed by atoms with Crippen LogP contribution in [0.4, 0.5) is 0 Å². The van der Waals surface area contributed by atoms with E-state index in [4.69, 9.17) is 9.47 Å². The van der Waals surface area contributed by atoms with Crippen molar-refractivity contribution >= 4 is 0 Å². The van der Waals surface area contributed by atoms with Crippen molar-refractivity contribution in [2.75, 3.05) is 32.9 Å². The van der Waals surface area contributed by atoms with Crippen molar-refractivity contribution in [3.8, 4) is 0 Å². The molecule has 0 bridgehead atoms. The molecule has 2 unspecified atom stereocenters. The van der Waals surface area contributed by atoms with Crippen molar-refractivity contribution in [1.82, 2.24) is 25.1 Å². The summed E-state index contributed by atoms with van der Waals surface area (Å²) >= 11 is 0. The second-order valence-electron chi connectivity index (χ2n) is 6.19. The van der Waals surface area contributed by atoms with Gasteiger partial charge in [-0.05, 0) is 29.2 Å². The van der Waals surface area contributed by atoms with E-state index in [1.54, 1.807) is 0 Å². The molecule has 3 heterocycles. The molecule has 2 aliphatic rings. The SMILES string of the molecule is CC(C)C(c1nnnn1CC1CCCO1)N1CCOCC1. The fraction of sp³-hybridized carbons (Fsp3) is 0.929. The lowest BCUT2D eigenvalue weighted by atomic mass is 10.0. The normalized spacial score (nSPS) is 25.6. The quantitative estimate of drug-likeness (QED) is 0.803. The van der Waals surface area contributed by atoms with E-state index in [2.05, 4.69) is 34.3 Å².